The standard InChI is InChI=1S/C15H26N6O4/c1-14(2,3)25-13(24)17-9-15(4,5)20-12(23)19-10-6-18-21(7-10)8-11(16)22/h6-7H,8-9H2,1-5H3,(H2,16,22)(H,17,24)(H2,19,20,23). The Morgan fingerprint density at radius 2 is 1.88 bits per heavy atom. The van der Waals surface area contributed by atoms with Gasteiger partial charge < -0.3 is 26.4 Å². The van der Waals surface area contributed by atoms with E-state index in [0.717, 1.165) is 0 Å². The zero-order valence-electron chi connectivity index (χ0n) is 15.2. The normalized spacial score (nSPS) is 11.6. The molecule has 5 N–H and O–H groups in total. The summed E-state index contributed by atoms with van der Waals surface area (Å²) in [6.07, 6.45) is 2.32. The van der Waals surface area contributed by atoms with E-state index in [1.54, 1.807) is 34.6 Å². The molecule has 0 aromatic carbocycles. The highest BCUT2D eigenvalue weighted by Gasteiger charge is 2.23. The fourth-order valence-corrected chi connectivity index (χ4v) is 1.80. The highest BCUT2D eigenvalue weighted by atomic mass is 16.6. The van der Waals surface area contributed by atoms with Gasteiger partial charge >= 0.3 is 12.1 Å². The van der Waals surface area contributed by atoms with Gasteiger partial charge in [-0.1, -0.05) is 0 Å². The van der Waals surface area contributed by atoms with Gasteiger partial charge in [0.15, 0.2) is 0 Å². The molecule has 1 aromatic heterocycles. The van der Waals surface area contributed by atoms with E-state index in [2.05, 4.69) is 21.0 Å². The van der Waals surface area contributed by atoms with Crippen LogP contribution in [0.25, 0.3) is 0 Å². The van der Waals surface area contributed by atoms with Crippen LogP contribution in [-0.4, -0.2) is 45.5 Å². The van der Waals surface area contributed by atoms with Gasteiger partial charge in [-0.3, -0.25) is 9.48 Å². The Kier molecular flexibility index (Phi) is 6.37. The summed E-state index contributed by atoms with van der Waals surface area (Å²) in [7, 11) is 0. The van der Waals surface area contributed by atoms with Gasteiger partial charge in [-0.15, -0.1) is 0 Å². The predicted octanol–water partition coefficient (Wildman–Crippen LogP) is 0.793. The monoisotopic (exact) mass is 354 g/mol. The van der Waals surface area contributed by atoms with Crippen molar-refractivity contribution in [2.75, 3.05) is 11.9 Å². The van der Waals surface area contributed by atoms with Crippen LogP contribution in [0, 0.1) is 0 Å². The third-order valence-electron chi connectivity index (χ3n) is 2.73. The summed E-state index contributed by atoms with van der Waals surface area (Å²) in [6.45, 7) is 8.90. The Labute approximate surface area is 146 Å². The lowest BCUT2D eigenvalue weighted by Crippen LogP contribution is -2.53. The molecule has 1 rings (SSSR count). The van der Waals surface area contributed by atoms with Crippen molar-refractivity contribution < 1.29 is 19.1 Å². The largest absolute Gasteiger partial charge is 0.444 e. The Bertz CT molecular complexity index is 632. The number of nitrogens with one attached hydrogen (secondary N) is 3. The smallest absolute Gasteiger partial charge is 0.407 e. The number of nitrogens with zero attached hydrogens (tertiary/aromatic N) is 2. The van der Waals surface area contributed by atoms with Gasteiger partial charge in [-0.2, -0.15) is 5.10 Å². The van der Waals surface area contributed by atoms with Crippen molar-refractivity contribution in [3.05, 3.63) is 12.4 Å². The second kappa shape index (κ2) is 7.86. The lowest BCUT2D eigenvalue weighted by molar-refractivity contribution is -0.118. The van der Waals surface area contributed by atoms with E-state index in [0.29, 0.717) is 5.69 Å². The predicted molar refractivity (Wildman–Crippen MR) is 91.9 cm³/mol. The number of carbonyl (C=O) groups excluding carboxylic acids is 3. The number of amides is 4. The molecule has 0 aliphatic carbocycles. The number of ether oxygens (including phenoxy) is 1. The highest BCUT2D eigenvalue weighted by Crippen LogP contribution is 2.08. The van der Waals surface area contributed by atoms with Crippen molar-refractivity contribution >= 4 is 23.7 Å². The second-order valence-electron chi connectivity index (χ2n) is 7.21. The summed E-state index contributed by atoms with van der Waals surface area (Å²) < 4.78 is 6.45. The summed E-state index contributed by atoms with van der Waals surface area (Å²) >= 11 is 0. The van der Waals surface area contributed by atoms with Crippen LogP contribution in [0.1, 0.15) is 34.6 Å². The Morgan fingerprint density at radius 1 is 1.24 bits per heavy atom. The summed E-state index contributed by atoms with van der Waals surface area (Å²) in [5, 5.41) is 11.8. The number of nitrogens with two attached hydrogens (primary N) is 1. The van der Waals surface area contributed by atoms with Crippen molar-refractivity contribution in [3.8, 4) is 0 Å². The molecule has 4 amide bonds. The van der Waals surface area contributed by atoms with Gasteiger partial charge in [0.25, 0.3) is 0 Å². The second-order valence-corrected chi connectivity index (χ2v) is 7.21. The molecule has 25 heavy (non-hydrogen) atoms. The van der Waals surface area contributed by atoms with Gasteiger partial charge in [-0.05, 0) is 34.6 Å². The molecule has 0 saturated carbocycles. The van der Waals surface area contributed by atoms with E-state index >= 15 is 0 Å². The Hall–Kier alpha value is -2.78. The number of carbonyl (C=O) groups is 3. The minimum atomic E-state index is -0.718. The molecule has 0 radical (unpaired) electrons. The number of aromatic nitrogens is 2. The Balaban J connectivity index is 2.47. The number of hydrogen-bond acceptors (Lipinski definition) is 5. The topological polar surface area (TPSA) is 140 Å². The van der Waals surface area contributed by atoms with Crippen LogP contribution in [0.3, 0.4) is 0 Å². The van der Waals surface area contributed by atoms with Gasteiger partial charge in [0.2, 0.25) is 5.91 Å². The SMILES string of the molecule is CC(C)(CNC(=O)OC(C)(C)C)NC(=O)Nc1cnn(CC(N)=O)c1. The molecular weight excluding hydrogens is 328 g/mol. The van der Waals surface area contributed by atoms with Gasteiger partial charge in [0.1, 0.15) is 12.1 Å². The Morgan fingerprint density at radius 3 is 2.44 bits per heavy atom. The van der Waals surface area contributed by atoms with Crippen molar-refractivity contribution in [1.29, 1.82) is 0 Å². The van der Waals surface area contributed by atoms with Crippen LogP contribution in [0.5, 0.6) is 0 Å². The molecule has 1 aromatic rings. The molecule has 0 aliphatic rings. The zero-order chi connectivity index (χ0) is 19.3. The fourth-order valence-electron chi connectivity index (χ4n) is 1.80. The number of anilines is 1. The number of urea groups is 1. The third kappa shape index (κ3) is 8.58. The van der Waals surface area contributed by atoms with Gasteiger partial charge in [0, 0.05) is 12.7 Å². The quantitative estimate of drug-likeness (QED) is 0.598. The van der Waals surface area contributed by atoms with Crippen LogP contribution in [-0.2, 0) is 16.1 Å². The van der Waals surface area contributed by atoms with Crippen LogP contribution in [0.15, 0.2) is 12.4 Å². The summed E-state index contributed by atoms with van der Waals surface area (Å²) in [6, 6.07) is -0.477. The molecule has 0 atom stereocenters. The first-order valence-corrected chi connectivity index (χ1v) is 7.73. The molecule has 10 heteroatoms. The molecule has 10 nitrogen and oxygen atoms in total. The molecule has 0 fully saturated rings. The van der Waals surface area contributed by atoms with E-state index in [4.69, 9.17) is 10.5 Å². The van der Waals surface area contributed by atoms with Crippen LogP contribution in [0.2, 0.25) is 0 Å². The number of hydrogen-bond donors (Lipinski definition) is 4. The lowest BCUT2D eigenvalue weighted by atomic mass is 10.1. The minimum absolute atomic E-state index is 0.0748. The van der Waals surface area contributed by atoms with E-state index in [-0.39, 0.29) is 13.1 Å². The maximum absolute atomic E-state index is 12.0. The summed E-state index contributed by atoms with van der Waals surface area (Å²) in [5.74, 6) is -0.534. The summed E-state index contributed by atoms with van der Waals surface area (Å²) in [5.41, 5.74) is 4.17. The molecule has 1 heterocycles. The van der Waals surface area contributed by atoms with Crippen LogP contribution >= 0.6 is 0 Å². The van der Waals surface area contributed by atoms with E-state index in [1.807, 2.05) is 0 Å². The first kappa shape index (κ1) is 20.3. The van der Waals surface area contributed by atoms with Crippen molar-refractivity contribution in [3.63, 3.8) is 0 Å². The first-order valence-electron chi connectivity index (χ1n) is 7.73. The number of alkyl carbamates (subject to hydrolysis) is 1. The molecule has 0 aliphatic heterocycles. The van der Waals surface area contributed by atoms with Crippen molar-refractivity contribution in [1.82, 2.24) is 20.4 Å². The highest BCUT2D eigenvalue weighted by molar-refractivity contribution is 5.89. The minimum Gasteiger partial charge on any atom is -0.444 e. The molecule has 0 saturated heterocycles. The first-order chi connectivity index (χ1) is 11.4. The fraction of sp³-hybridized carbons (Fsp3) is 0.600. The van der Waals surface area contributed by atoms with Crippen LogP contribution < -0.4 is 21.7 Å². The van der Waals surface area contributed by atoms with Crippen LogP contribution in [0.4, 0.5) is 15.3 Å². The maximum Gasteiger partial charge on any atom is 0.407 e. The summed E-state index contributed by atoms with van der Waals surface area (Å²) in [4.78, 5) is 34.5. The zero-order valence-corrected chi connectivity index (χ0v) is 15.2. The van der Waals surface area contributed by atoms with Crippen molar-refractivity contribution in [2.24, 2.45) is 5.73 Å². The number of primary amides is 1. The third-order valence-corrected chi connectivity index (χ3v) is 2.73. The molecule has 0 unspecified atom stereocenters. The molecular formula is C15H26N6O4. The van der Waals surface area contributed by atoms with E-state index in [1.165, 1.54) is 17.1 Å². The maximum atomic E-state index is 12.0. The van der Waals surface area contributed by atoms with Gasteiger partial charge in [-0.25, -0.2) is 9.59 Å². The lowest BCUT2D eigenvalue weighted by Gasteiger charge is -2.27. The molecule has 0 bridgehead atoms. The number of rotatable bonds is 6. The van der Waals surface area contributed by atoms with E-state index < -0.39 is 29.2 Å². The average Bonchev–Trinajstić information content (AvgIpc) is 2.80. The van der Waals surface area contributed by atoms with E-state index in [9.17, 15) is 14.4 Å². The average molecular weight is 354 g/mol. The van der Waals surface area contributed by atoms with Gasteiger partial charge in [0.05, 0.1) is 17.4 Å². The molecule has 0 spiro atoms. The molecule has 140 valence electrons. The van der Waals surface area contributed by atoms with Crippen molar-refractivity contribution in [2.45, 2.75) is 52.3 Å².